The quantitative estimate of drug-likeness (QED) is 0.544. The highest BCUT2D eigenvalue weighted by Gasteiger charge is 2.18. The summed E-state index contributed by atoms with van der Waals surface area (Å²) in [6, 6.07) is 13.6. The number of para-hydroxylation sites is 1. The van der Waals surface area contributed by atoms with E-state index in [4.69, 9.17) is 15.7 Å². The minimum Gasteiger partial charge on any atom is -0.507 e. The molecule has 1 aromatic heterocycles. The Balaban J connectivity index is 2.04. The predicted molar refractivity (Wildman–Crippen MR) is 121 cm³/mol. The van der Waals surface area contributed by atoms with Gasteiger partial charge in [0.25, 0.3) is 0 Å². The Morgan fingerprint density at radius 1 is 1.07 bits per heavy atom. The van der Waals surface area contributed by atoms with Crippen molar-refractivity contribution in [1.29, 1.82) is 0 Å². The molecule has 4 N–H and O–H groups in total. The summed E-state index contributed by atoms with van der Waals surface area (Å²) in [6.45, 7) is 11.4. The fourth-order valence-corrected chi connectivity index (χ4v) is 3.43. The number of aromatic nitrogens is 2. The minimum absolute atomic E-state index is 0.0377. The van der Waals surface area contributed by atoms with Gasteiger partial charge in [0, 0.05) is 18.0 Å². The minimum atomic E-state index is -0.0377. The number of hydrogen-bond donors (Lipinski definition) is 3. The van der Waals surface area contributed by atoms with Crippen molar-refractivity contribution in [3.63, 3.8) is 0 Å². The first kappa shape index (κ1) is 21.1. The van der Waals surface area contributed by atoms with Crippen molar-refractivity contribution in [2.24, 2.45) is 11.7 Å². The van der Waals surface area contributed by atoms with E-state index in [1.54, 1.807) is 6.07 Å². The van der Waals surface area contributed by atoms with Crippen molar-refractivity contribution in [2.45, 2.75) is 52.5 Å². The molecule has 3 rings (SSSR count). The van der Waals surface area contributed by atoms with Gasteiger partial charge in [-0.2, -0.15) is 0 Å². The molecular weight excluding hydrogens is 360 g/mol. The van der Waals surface area contributed by atoms with Crippen molar-refractivity contribution in [3.8, 4) is 17.1 Å². The van der Waals surface area contributed by atoms with Gasteiger partial charge in [-0.05, 0) is 47.6 Å². The average Bonchev–Trinajstić information content (AvgIpc) is 2.64. The van der Waals surface area contributed by atoms with Crippen LogP contribution in [0.15, 0.2) is 42.5 Å². The molecule has 29 heavy (non-hydrogen) atoms. The molecule has 3 aromatic rings. The molecule has 1 heterocycles. The van der Waals surface area contributed by atoms with Gasteiger partial charge in [0.2, 0.25) is 0 Å². The van der Waals surface area contributed by atoms with Crippen LogP contribution in [0.4, 0.5) is 5.82 Å². The van der Waals surface area contributed by atoms with E-state index >= 15 is 0 Å². The molecule has 0 fully saturated rings. The highest BCUT2D eigenvalue weighted by atomic mass is 16.3. The first-order valence-electron chi connectivity index (χ1n) is 10.2. The Labute approximate surface area is 173 Å². The molecule has 0 amide bonds. The lowest BCUT2D eigenvalue weighted by Crippen LogP contribution is -2.30. The van der Waals surface area contributed by atoms with E-state index in [0.717, 1.165) is 28.7 Å². The van der Waals surface area contributed by atoms with Crippen molar-refractivity contribution >= 4 is 16.7 Å². The Morgan fingerprint density at radius 3 is 2.48 bits per heavy atom. The van der Waals surface area contributed by atoms with Crippen LogP contribution < -0.4 is 11.1 Å². The van der Waals surface area contributed by atoms with Crippen LogP contribution in [0, 0.1) is 5.92 Å². The fourth-order valence-electron chi connectivity index (χ4n) is 3.43. The van der Waals surface area contributed by atoms with Crippen LogP contribution in [-0.4, -0.2) is 27.7 Å². The molecule has 2 aromatic carbocycles. The molecule has 0 saturated carbocycles. The number of nitrogens with one attached hydrogen (secondary N) is 1. The molecule has 5 heteroatoms. The lowest BCUT2D eigenvalue weighted by molar-refractivity contribution is 0.475. The molecule has 0 spiro atoms. The predicted octanol–water partition coefficient (Wildman–Crippen LogP) is 5.09. The van der Waals surface area contributed by atoms with E-state index in [1.807, 2.05) is 36.4 Å². The van der Waals surface area contributed by atoms with Crippen LogP contribution in [0.25, 0.3) is 22.3 Å². The first-order chi connectivity index (χ1) is 13.6. The number of hydrogen-bond acceptors (Lipinski definition) is 5. The molecule has 154 valence electrons. The second-order valence-corrected chi connectivity index (χ2v) is 9.17. The maximum Gasteiger partial charge on any atom is 0.165 e. The molecule has 1 atom stereocenters. The van der Waals surface area contributed by atoms with Crippen molar-refractivity contribution in [1.82, 2.24) is 9.97 Å². The number of rotatable bonds is 6. The molecule has 0 saturated heterocycles. The molecular formula is C24H32N4O. The van der Waals surface area contributed by atoms with E-state index < -0.39 is 0 Å². The number of phenols is 1. The van der Waals surface area contributed by atoms with Gasteiger partial charge < -0.3 is 16.2 Å². The van der Waals surface area contributed by atoms with Gasteiger partial charge in [-0.1, -0.05) is 52.8 Å². The normalized spacial score (nSPS) is 13.1. The second kappa shape index (κ2) is 8.37. The monoisotopic (exact) mass is 392 g/mol. The maximum atomic E-state index is 10.5. The Kier molecular flexibility index (Phi) is 6.08. The molecule has 0 aliphatic carbocycles. The van der Waals surface area contributed by atoms with Crippen molar-refractivity contribution in [3.05, 3.63) is 48.0 Å². The molecule has 5 nitrogen and oxygen atoms in total. The van der Waals surface area contributed by atoms with E-state index in [9.17, 15) is 5.11 Å². The second-order valence-electron chi connectivity index (χ2n) is 9.17. The molecule has 0 aliphatic heterocycles. The summed E-state index contributed by atoms with van der Waals surface area (Å²) in [6.07, 6.45) is 0.942. The first-order valence-corrected chi connectivity index (χ1v) is 10.2. The molecule has 0 radical (unpaired) electrons. The van der Waals surface area contributed by atoms with Crippen LogP contribution in [0.3, 0.4) is 0 Å². The smallest absolute Gasteiger partial charge is 0.165 e. The maximum absolute atomic E-state index is 10.5. The van der Waals surface area contributed by atoms with Crippen LogP contribution in [-0.2, 0) is 5.41 Å². The summed E-state index contributed by atoms with van der Waals surface area (Å²) >= 11 is 0. The highest BCUT2D eigenvalue weighted by molar-refractivity contribution is 5.91. The molecule has 0 unspecified atom stereocenters. The summed E-state index contributed by atoms with van der Waals surface area (Å²) in [5.74, 6) is 1.97. The van der Waals surface area contributed by atoms with E-state index in [-0.39, 0.29) is 17.2 Å². The summed E-state index contributed by atoms with van der Waals surface area (Å²) in [5, 5.41) is 14.9. The van der Waals surface area contributed by atoms with Crippen molar-refractivity contribution < 1.29 is 5.11 Å². The van der Waals surface area contributed by atoms with Crippen LogP contribution in [0.1, 0.15) is 46.6 Å². The molecule has 0 bridgehead atoms. The number of fused-ring (bicyclic) bond motifs is 1. The third-order valence-electron chi connectivity index (χ3n) is 5.01. The van der Waals surface area contributed by atoms with Gasteiger partial charge in [0.15, 0.2) is 5.82 Å². The lowest BCUT2D eigenvalue weighted by atomic mass is 9.86. The van der Waals surface area contributed by atoms with Gasteiger partial charge in [-0.3, -0.25) is 0 Å². The Bertz CT molecular complexity index is 992. The van der Waals surface area contributed by atoms with Crippen molar-refractivity contribution in [2.75, 3.05) is 11.9 Å². The van der Waals surface area contributed by atoms with Gasteiger partial charge in [-0.15, -0.1) is 0 Å². The van der Waals surface area contributed by atoms with Gasteiger partial charge in [-0.25, -0.2) is 9.97 Å². The van der Waals surface area contributed by atoms with Gasteiger partial charge in [0.05, 0.1) is 11.1 Å². The molecule has 0 aliphatic rings. The zero-order chi connectivity index (χ0) is 21.2. The van der Waals surface area contributed by atoms with Crippen LogP contribution >= 0.6 is 0 Å². The zero-order valence-electron chi connectivity index (χ0n) is 18.0. The summed E-state index contributed by atoms with van der Waals surface area (Å²) in [7, 11) is 0. The summed E-state index contributed by atoms with van der Waals surface area (Å²) in [5.41, 5.74) is 8.81. The van der Waals surface area contributed by atoms with Gasteiger partial charge in [0.1, 0.15) is 11.6 Å². The highest BCUT2D eigenvalue weighted by Crippen LogP contribution is 2.34. The third-order valence-corrected chi connectivity index (χ3v) is 5.01. The lowest BCUT2D eigenvalue weighted by Gasteiger charge is -2.20. The number of phenolic OH excluding ortho intramolecular Hbond substituents is 1. The topological polar surface area (TPSA) is 84.1 Å². The number of aromatic hydroxyl groups is 1. The van der Waals surface area contributed by atoms with Gasteiger partial charge >= 0.3 is 0 Å². The summed E-state index contributed by atoms with van der Waals surface area (Å²) < 4.78 is 0. The number of benzene rings is 2. The Morgan fingerprint density at radius 2 is 1.79 bits per heavy atom. The zero-order valence-corrected chi connectivity index (χ0v) is 18.0. The van der Waals surface area contributed by atoms with Crippen LogP contribution in [0.2, 0.25) is 0 Å². The fraction of sp³-hybridized carbons (Fsp3) is 0.417. The third kappa shape index (κ3) is 5.04. The van der Waals surface area contributed by atoms with E-state index in [1.165, 1.54) is 0 Å². The Hall–Kier alpha value is -2.66. The van der Waals surface area contributed by atoms with E-state index in [0.29, 0.717) is 23.9 Å². The number of nitrogens with zero attached hydrogens (tertiary/aromatic N) is 2. The number of anilines is 1. The SMILES string of the molecule is CC(C)C[C@@H](N)CNc1nc(-c2cc(C(C)(C)C)ccc2O)nc2ccccc12. The van der Waals surface area contributed by atoms with Crippen LogP contribution in [0.5, 0.6) is 5.75 Å². The standard InChI is InChI=1S/C24H32N4O/c1-15(2)12-17(25)14-26-22-18-8-6-7-9-20(18)27-23(28-22)19-13-16(24(3,4)5)10-11-21(19)29/h6-11,13,15,17,29H,12,14,25H2,1-5H3,(H,26,27,28)/t17-/m1/s1. The van der Waals surface area contributed by atoms with E-state index in [2.05, 4.69) is 39.9 Å². The number of nitrogens with two attached hydrogens (primary N) is 1. The largest absolute Gasteiger partial charge is 0.507 e. The summed E-state index contributed by atoms with van der Waals surface area (Å²) in [4.78, 5) is 9.49. The average molecular weight is 393 g/mol.